The van der Waals surface area contributed by atoms with E-state index >= 15 is 0 Å². The lowest BCUT2D eigenvalue weighted by Crippen LogP contribution is -2.41. The van der Waals surface area contributed by atoms with Crippen LogP contribution in [0.5, 0.6) is 0 Å². The van der Waals surface area contributed by atoms with Crippen LogP contribution >= 0.6 is 23.2 Å². The maximum atomic E-state index is 13.0. The van der Waals surface area contributed by atoms with E-state index in [1.807, 2.05) is 24.3 Å². The molecule has 0 saturated heterocycles. The number of nitrogens with two attached hydrogens (primary N) is 1. The lowest BCUT2D eigenvalue weighted by atomic mass is 9.67. The molecule has 1 aliphatic carbocycles. The molecule has 0 spiro atoms. The monoisotopic (exact) mass is 414 g/mol. The standard InChI is InChI=1S/C20H28Cl2N2O3/c21-9-11-24(12-10-22)17-3-1-15(2-4-17)13-18(25)20(14-19(26)27)7-5-16(23)6-8-20/h1-4,16H,5-14,23H2,(H,26,27). The van der Waals surface area contributed by atoms with E-state index in [0.717, 1.165) is 11.3 Å². The van der Waals surface area contributed by atoms with Crippen molar-refractivity contribution in [2.75, 3.05) is 29.7 Å². The number of Topliss-reactive ketones (excluding diaryl/α,β-unsaturated/α-hetero) is 1. The van der Waals surface area contributed by atoms with Crippen LogP contribution in [0.1, 0.15) is 37.7 Å². The van der Waals surface area contributed by atoms with Gasteiger partial charge in [0.05, 0.1) is 6.42 Å². The Bertz CT molecular complexity index is 623. The van der Waals surface area contributed by atoms with Crippen molar-refractivity contribution >= 4 is 40.6 Å². The van der Waals surface area contributed by atoms with Crippen molar-refractivity contribution in [3.8, 4) is 0 Å². The van der Waals surface area contributed by atoms with Crippen molar-refractivity contribution in [1.82, 2.24) is 0 Å². The highest BCUT2D eigenvalue weighted by atomic mass is 35.5. The molecule has 0 heterocycles. The van der Waals surface area contributed by atoms with Crippen molar-refractivity contribution < 1.29 is 14.7 Å². The van der Waals surface area contributed by atoms with Crippen LogP contribution in [0.4, 0.5) is 5.69 Å². The molecule has 1 fully saturated rings. The fraction of sp³-hybridized carbons (Fsp3) is 0.600. The highest BCUT2D eigenvalue weighted by molar-refractivity contribution is 6.18. The minimum atomic E-state index is -0.924. The van der Waals surface area contributed by atoms with Gasteiger partial charge < -0.3 is 15.7 Å². The predicted octanol–water partition coefficient (Wildman–Crippen LogP) is 3.44. The number of alkyl halides is 2. The molecule has 150 valence electrons. The molecule has 7 heteroatoms. The molecule has 1 saturated carbocycles. The SMILES string of the molecule is NC1CCC(CC(=O)O)(C(=O)Cc2ccc(N(CCCl)CCCl)cc2)CC1. The number of benzene rings is 1. The fourth-order valence-corrected chi connectivity index (χ4v) is 4.22. The first kappa shape index (κ1) is 22.0. The number of nitrogens with zero attached hydrogens (tertiary/aromatic N) is 1. The molecule has 5 nitrogen and oxygen atoms in total. The molecule has 1 aliphatic rings. The van der Waals surface area contributed by atoms with E-state index in [1.54, 1.807) is 0 Å². The van der Waals surface area contributed by atoms with Gasteiger partial charge in [0, 0.05) is 48.4 Å². The summed E-state index contributed by atoms with van der Waals surface area (Å²) in [5.41, 5.74) is 7.06. The number of aliphatic carboxylic acids is 1. The third kappa shape index (κ3) is 6.09. The van der Waals surface area contributed by atoms with Crippen LogP contribution in [0, 0.1) is 5.41 Å². The Morgan fingerprint density at radius 3 is 2.15 bits per heavy atom. The largest absolute Gasteiger partial charge is 0.481 e. The fourth-order valence-electron chi connectivity index (χ4n) is 3.81. The summed E-state index contributed by atoms with van der Waals surface area (Å²) in [4.78, 5) is 26.4. The maximum absolute atomic E-state index is 13.0. The highest BCUT2D eigenvalue weighted by Crippen LogP contribution is 2.40. The molecule has 1 aromatic carbocycles. The van der Waals surface area contributed by atoms with E-state index in [4.69, 9.17) is 28.9 Å². The summed E-state index contributed by atoms with van der Waals surface area (Å²) < 4.78 is 0. The van der Waals surface area contributed by atoms with E-state index in [9.17, 15) is 14.7 Å². The van der Waals surface area contributed by atoms with Gasteiger partial charge in [0.15, 0.2) is 0 Å². The van der Waals surface area contributed by atoms with Crippen LogP contribution in [0.15, 0.2) is 24.3 Å². The number of rotatable bonds is 10. The Balaban J connectivity index is 2.09. The number of hydrogen-bond acceptors (Lipinski definition) is 4. The molecule has 0 aliphatic heterocycles. The lowest BCUT2D eigenvalue weighted by Gasteiger charge is -2.37. The Labute approximate surface area is 170 Å². The van der Waals surface area contributed by atoms with Crippen molar-refractivity contribution in [1.29, 1.82) is 0 Å². The van der Waals surface area contributed by atoms with Gasteiger partial charge in [-0.1, -0.05) is 12.1 Å². The topological polar surface area (TPSA) is 83.6 Å². The van der Waals surface area contributed by atoms with Crippen molar-refractivity contribution in [3.05, 3.63) is 29.8 Å². The average Bonchev–Trinajstić information content (AvgIpc) is 2.64. The van der Waals surface area contributed by atoms with Crippen LogP contribution < -0.4 is 10.6 Å². The molecule has 0 radical (unpaired) electrons. The smallest absolute Gasteiger partial charge is 0.304 e. The second-order valence-corrected chi connectivity index (χ2v) is 8.08. The van der Waals surface area contributed by atoms with Crippen LogP contribution in [-0.2, 0) is 16.0 Å². The first-order valence-corrected chi connectivity index (χ1v) is 10.4. The van der Waals surface area contributed by atoms with Crippen LogP contribution in [0.2, 0.25) is 0 Å². The molecule has 2 rings (SSSR count). The Hall–Kier alpha value is -1.30. The number of carboxylic acids is 1. The molecular formula is C20H28Cl2N2O3. The Morgan fingerprint density at radius 1 is 1.11 bits per heavy atom. The van der Waals surface area contributed by atoms with Gasteiger partial charge in [-0.25, -0.2) is 0 Å². The number of carbonyl (C=O) groups excluding carboxylic acids is 1. The van der Waals surface area contributed by atoms with Gasteiger partial charge in [0.1, 0.15) is 5.78 Å². The summed E-state index contributed by atoms with van der Waals surface area (Å²) >= 11 is 11.7. The van der Waals surface area contributed by atoms with Gasteiger partial charge in [-0.05, 0) is 43.4 Å². The zero-order chi connectivity index (χ0) is 19.9. The second-order valence-electron chi connectivity index (χ2n) is 7.32. The van der Waals surface area contributed by atoms with Crippen molar-refractivity contribution in [2.24, 2.45) is 11.1 Å². The quantitative estimate of drug-likeness (QED) is 0.572. The molecule has 0 unspecified atom stereocenters. The predicted molar refractivity (Wildman–Crippen MR) is 110 cm³/mol. The first-order valence-electron chi connectivity index (χ1n) is 9.36. The zero-order valence-electron chi connectivity index (χ0n) is 15.5. The van der Waals surface area contributed by atoms with Gasteiger partial charge in [-0.3, -0.25) is 9.59 Å². The van der Waals surface area contributed by atoms with Gasteiger partial charge >= 0.3 is 5.97 Å². The molecule has 0 atom stereocenters. The highest BCUT2D eigenvalue weighted by Gasteiger charge is 2.42. The van der Waals surface area contributed by atoms with Crippen LogP contribution in [0.3, 0.4) is 0 Å². The Kier molecular flexibility index (Phi) is 8.39. The van der Waals surface area contributed by atoms with Gasteiger partial charge in [0.25, 0.3) is 0 Å². The van der Waals surface area contributed by atoms with Gasteiger partial charge in [-0.15, -0.1) is 23.2 Å². The summed E-state index contributed by atoms with van der Waals surface area (Å²) in [7, 11) is 0. The Morgan fingerprint density at radius 2 is 1.67 bits per heavy atom. The molecule has 0 amide bonds. The summed E-state index contributed by atoms with van der Waals surface area (Å²) in [5, 5.41) is 9.30. The summed E-state index contributed by atoms with van der Waals surface area (Å²) in [5.74, 6) is 0.100. The number of hydrogen-bond donors (Lipinski definition) is 2. The number of carbonyl (C=O) groups is 2. The third-order valence-corrected chi connectivity index (χ3v) is 5.78. The van der Waals surface area contributed by atoms with E-state index in [-0.39, 0.29) is 24.7 Å². The summed E-state index contributed by atoms with van der Waals surface area (Å²) in [6.45, 7) is 1.41. The first-order chi connectivity index (χ1) is 12.9. The van der Waals surface area contributed by atoms with Crippen LogP contribution in [-0.4, -0.2) is 47.8 Å². The number of halogens is 2. The molecule has 0 aromatic heterocycles. The maximum Gasteiger partial charge on any atom is 0.304 e. The normalized spacial score (nSPS) is 22.4. The van der Waals surface area contributed by atoms with Gasteiger partial charge in [-0.2, -0.15) is 0 Å². The molecule has 1 aromatic rings. The van der Waals surface area contributed by atoms with E-state index in [1.165, 1.54) is 0 Å². The lowest BCUT2D eigenvalue weighted by molar-refractivity contribution is -0.146. The molecule has 0 bridgehead atoms. The van der Waals surface area contributed by atoms with Crippen LogP contribution in [0.25, 0.3) is 0 Å². The minimum Gasteiger partial charge on any atom is -0.481 e. The molecular weight excluding hydrogens is 387 g/mol. The van der Waals surface area contributed by atoms with E-state index in [2.05, 4.69) is 4.90 Å². The molecule has 27 heavy (non-hydrogen) atoms. The second kappa shape index (κ2) is 10.3. The minimum absolute atomic E-state index is 0.00271. The van der Waals surface area contributed by atoms with Crippen molar-refractivity contribution in [2.45, 2.75) is 44.6 Å². The third-order valence-electron chi connectivity index (χ3n) is 5.44. The van der Waals surface area contributed by atoms with E-state index < -0.39 is 11.4 Å². The number of ketones is 1. The van der Waals surface area contributed by atoms with E-state index in [0.29, 0.717) is 50.5 Å². The summed E-state index contributed by atoms with van der Waals surface area (Å²) in [6.07, 6.45) is 2.63. The average molecular weight is 415 g/mol. The number of anilines is 1. The number of carboxylic acid groups (broad SMARTS) is 1. The zero-order valence-corrected chi connectivity index (χ0v) is 17.0. The summed E-state index contributed by atoms with van der Waals surface area (Å²) in [6, 6.07) is 7.83. The van der Waals surface area contributed by atoms with Gasteiger partial charge in [0.2, 0.25) is 0 Å². The van der Waals surface area contributed by atoms with Crippen molar-refractivity contribution in [3.63, 3.8) is 0 Å². The molecule has 3 N–H and O–H groups in total.